The van der Waals surface area contributed by atoms with Gasteiger partial charge in [-0.2, -0.15) is 11.3 Å². The van der Waals surface area contributed by atoms with E-state index in [9.17, 15) is 9.59 Å². The number of carbonyl (C=O) groups is 2. The molecule has 2 aromatic heterocycles. The molecule has 0 saturated heterocycles. The van der Waals surface area contributed by atoms with Crippen LogP contribution >= 0.6 is 11.3 Å². The van der Waals surface area contributed by atoms with Gasteiger partial charge in [-0.25, -0.2) is 4.98 Å². The van der Waals surface area contributed by atoms with Crippen molar-refractivity contribution >= 4 is 45.7 Å². The number of carbonyl (C=O) groups excluding carboxylic acids is 2. The first-order valence-electron chi connectivity index (χ1n) is 12.0. The van der Waals surface area contributed by atoms with E-state index in [2.05, 4.69) is 16.7 Å². The standard InChI is InChI=1S/C29H27N3O4S/c1-35-24-10-7-18(16-25(24)36-2)15-19-8-9-22-26(21-5-3-4-6-23(21)32-27(19)22)29(34)31-13-12-30-28(33)20-11-14-37-17-20/h3-7,10-11,14-17H,8-9,12-13H2,1-2H3,(H,30,33)(H,31,34). The Hall–Kier alpha value is -4.17. The number of pyridine rings is 1. The molecule has 0 spiro atoms. The van der Waals surface area contributed by atoms with Crippen LogP contribution in [0.4, 0.5) is 0 Å². The molecule has 37 heavy (non-hydrogen) atoms. The number of nitrogens with zero attached hydrogens (tertiary/aromatic N) is 1. The number of fused-ring (bicyclic) bond motifs is 2. The van der Waals surface area contributed by atoms with Gasteiger partial charge in [-0.15, -0.1) is 0 Å². The molecule has 0 aliphatic heterocycles. The minimum absolute atomic E-state index is 0.143. The van der Waals surface area contributed by atoms with Crippen LogP contribution in [-0.2, 0) is 6.42 Å². The molecule has 0 fully saturated rings. The zero-order chi connectivity index (χ0) is 25.8. The molecule has 4 aromatic rings. The molecule has 2 N–H and O–H groups in total. The number of aromatic nitrogens is 1. The van der Waals surface area contributed by atoms with E-state index >= 15 is 0 Å². The summed E-state index contributed by atoms with van der Waals surface area (Å²) in [7, 11) is 3.23. The van der Waals surface area contributed by atoms with E-state index in [1.54, 1.807) is 25.7 Å². The van der Waals surface area contributed by atoms with Gasteiger partial charge < -0.3 is 20.1 Å². The number of para-hydroxylation sites is 1. The Morgan fingerprint density at radius 2 is 1.76 bits per heavy atom. The van der Waals surface area contributed by atoms with Crippen LogP contribution in [0.15, 0.2) is 59.3 Å². The van der Waals surface area contributed by atoms with Crippen LogP contribution in [0.3, 0.4) is 0 Å². The first kappa shape index (κ1) is 24.5. The second-order valence-electron chi connectivity index (χ2n) is 8.64. The van der Waals surface area contributed by atoms with E-state index < -0.39 is 0 Å². The molecular weight excluding hydrogens is 486 g/mol. The molecule has 0 unspecified atom stereocenters. The molecule has 2 aromatic carbocycles. The van der Waals surface area contributed by atoms with Crippen LogP contribution in [0.2, 0.25) is 0 Å². The van der Waals surface area contributed by atoms with Crippen molar-refractivity contribution < 1.29 is 19.1 Å². The average molecular weight is 514 g/mol. The van der Waals surface area contributed by atoms with Gasteiger partial charge in [-0.1, -0.05) is 24.3 Å². The fourth-order valence-electron chi connectivity index (χ4n) is 4.62. The maximum Gasteiger partial charge on any atom is 0.252 e. The Balaban J connectivity index is 1.41. The van der Waals surface area contributed by atoms with Gasteiger partial charge in [-0.05, 0) is 65.3 Å². The molecule has 2 heterocycles. The maximum atomic E-state index is 13.4. The molecule has 1 aliphatic carbocycles. The predicted octanol–water partition coefficient (Wildman–Crippen LogP) is 4.96. The third-order valence-electron chi connectivity index (χ3n) is 6.40. The van der Waals surface area contributed by atoms with Crippen molar-refractivity contribution in [3.8, 4) is 11.5 Å². The number of nitrogens with one attached hydrogen (secondary N) is 2. The highest BCUT2D eigenvalue weighted by Gasteiger charge is 2.26. The summed E-state index contributed by atoms with van der Waals surface area (Å²) in [5, 5.41) is 10.3. The largest absolute Gasteiger partial charge is 0.493 e. The third kappa shape index (κ3) is 5.06. The lowest BCUT2D eigenvalue weighted by atomic mass is 10.00. The number of ether oxygens (including phenoxy) is 2. The van der Waals surface area contributed by atoms with Crippen molar-refractivity contribution in [3.63, 3.8) is 0 Å². The van der Waals surface area contributed by atoms with E-state index in [0.29, 0.717) is 35.7 Å². The van der Waals surface area contributed by atoms with Crippen molar-refractivity contribution in [1.29, 1.82) is 0 Å². The van der Waals surface area contributed by atoms with Gasteiger partial charge in [0.25, 0.3) is 11.8 Å². The van der Waals surface area contributed by atoms with Crippen LogP contribution in [-0.4, -0.2) is 44.1 Å². The summed E-state index contributed by atoms with van der Waals surface area (Å²) in [5.41, 5.74) is 5.91. The Kier molecular flexibility index (Phi) is 7.18. The van der Waals surface area contributed by atoms with Crippen LogP contribution in [0.25, 0.3) is 22.6 Å². The molecule has 0 bridgehead atoms. The lowest BCUT2D eigenvalue weighted by Crippen LogP contribution is -2.35. The number of benzene rings is 2. The Morgan fingerprint density at radius 3 is 2.51 bits per heavy atom. The van der Waals surface area contributed by atoms with Gasteiger partial charge in [0.1, 0.15) is 0 Å². The quantitative estimate of drug-likeness (QED) is 0.325. The molecule has 1 aliphatic rings. The second kappa shape index (κ2) is 10.8. The fraction of sp³-hybridized carbons (Fsp3) is 0.207. The highest BCUT2D eigenvalue weighted by molar-refractivity contribution is 7.08. The fourth-order valence-corrected chi connectivity index (χ4v) is 5.25. The Labute approximate surface area is 219 Å². The number of amides is 2. The number of hydrogen-bond acceptors (Lipinski definition) is 6. The maximum absolute atomic E-state index is 13.4. The lowest BCUT2D eigenvalue weighted by Gasteiger charge is -2.13. The smallest absolute Gasteiger partial charge is 0.252 e. The van der Waals surface area contributed by atoms with Crippen molar-refractivity contribution in [2.75, 3.05) is 27.3 Å². The molecule has 2 amide bonds. The summed E-state index contributed by atoms with van der Waals surface area (Å²) in [6.07, 6.45) is 3.60. The molecule has 0 atom stereocenters. The molecular formula is C29H27N3O4S. The summed E-state index contributed by atoms with van der Waals surface area (Å²) in [5.74, 6) is 1.03. The molecule has 0 radical (unpaired) electrons. The third-order valence-corrected chi connectivity index (χ3v) is 7.08. The van der Waals surface area contributed by atoms with Crippen molar-refractivity contribution in [1.82, 2.24) is 15.6 Å². The number of methoxy groups -OCH3 is 2. The van der Waals surface area contributed by atoms with Crippen molar-refractivity contribution in [2.45, 2.75) is 12.8 Å². The van der Waals surface area contributed by atoms with Gasteiger partial charge in [0.05, 0.1) is 31.0 Å². The Morgan fingerprint density at radius 1 is 0.973 bits per heavy atom. The summed E-state index contributed by atoms with van der Waals surface area (Å²) in [4.78, 5) is 30.5. The highest BCUT2D eigenvalue weighted by atomic mass is 32.1. The van der Waals surface area contributed by atoms with Gasteiger partial charge in [0, 0.05) is 29.4 Å². The molecule has 5 rings (SSSR count). The average Bonchev–Trinajstić information content (AvgIpc) is 3.60. The Bertz CT molecular complexity index is 1490. The topological polar surface area (TPSA) is 89.5 Å². The van der Waals surface area contributed by atoms with Gasteiger partial charge >= 0.3 is 0 Å². The SMILES string of the molecule is COc1ccc(C=C2CCc3c2nc2ccccc2c3C(=O)NCCNC(=O)c2ccsc2)cc1OC. The van der Waals surface area contributed by atoms with E-state index in [1.165, 1.54) is 11.3 Å². The van der Waals surface area contributed by atoms with Gasteiger partial charge in [-0.3, -0.25) is 9.59 Å². The first-order chi connectivity index (χ1) is 18.1. The van der Waals surface area contributed by atoms with Crippen LogP contribution < -0.4 is 20.1 Å². The minimum Gasteiger partial charge on any atom is -0.493 e. The molecule has 7 nitrogen and oxygen atoms in total. The molecule has 0 saturated carbocycles. The van der Waals surface area contributed by atoms with Gasteiger partial charge in [0.15, 0.2) is 11.5 Å². The molecule has 8 heteroatoms. The van der Waals surface area contributed by atoms with Crippen LogP contribution in [0, 0.1) is 0 Å². The highest BCUT2D eigenvalue weighted by Crippen LogP contribution is 2.38. The summed E-state index contributed by atoms with van der Waals surface area (Å²) in [6.45, 7) is 0.671. The number of rotatable bonds is 8. The monoisotopic (exact) mass is 513 g/mol. The van der Waals surface area contributed by atoms with Crippen molar-refractivity contribution in [3.05, 3.63) is 87.2 Å². The predicted molar refractivity (Wildman–Crippen MR) is 146 cm³/mol. The summed E-state index contributed by atoms with van der Waals surface area (Å²) >= 11 is 1.47. The first-order valence-corrected chi connectivity index (χ1v) is 13.0. The summed E-state index contributed by atoms with van der Waals surface area (Å²) in [6, 6.07) is 15.3. The summed E-state index contributed by atoms with van der Waals surface area (Å²) < 4.78 is 10.8. The van der Waals surface area contributed by atoms with E-state index in [1.807, 2.05) is 47.8 Å². The van der Waals surface area contributed by atoms with E-state index in [-0.39, 0.29) is 11.8 Å². The van der Waals surface area contributed by atoms with E-state index in [0.717, 1.165) is 46.1 Å². The van der Waals surface area contributed by atoms with Crippen LogP contribution in [0.1, 0.15) is 44.0 Å². The number of allylic oxidation sites excluding steroid dienone is 1. The van der Waals surface area contributed by atoms with Crippen LogP contribution in [0.5, 0.6) is 11.5 Å². The normalized spacial score (nSPS) is 13.4. The molecule has 188 valence electrons. The lowest BCUT2D eigenvalue weighted by molar-refractivity contribution is 0.0928. The number of thiophene rings is 1. The minimum atomic E-state index is -0.160. The number of hydrogen-bond donors (Lipinski definition) is 2. The van der Waals surface area contributed by atoms with Crippen molar-refractivity contribution in [2.24, 2.45) is 0 Å². The zero-order valence-corrected chi connectivity index (χ0v) is 21.5. The zero-order valence-electron chi connectivity index (χ0n) is 20.7. The van der Waals surface area contributed by atoms with Gasteiger partial charge in [0.2, 0.25) is 0 Å². The second-order valence-corrected chi connectivity index (χ2v) is 9.42. The van der Waals surface area contributed by atoms with E-state index in [4.69, 9.17) is 14.5 Å².